The van der Waals surface area contributed by atoms with Crippen molar-refractivity contribution in [2.24, 2.45) is 11.8 Å². The fraction of sp³-hybridized carbons (Fsp3) is 0.500. The minimum Gasteiger partial charge on any atom is -0.478 e. The second-order valence-corrected chi connectivity index (χ2v) is 5.78. The zero-order chi connectivity index (χ0) is 15.1. The molecule has 0 aromatic carbocycles. The third-order valence-corrected chi connectivity index (χ3v) is 2.69. The molecule has 0 aliphatic heterocycles. The largest absolute Gasteiger partial charge is 0.478 e. The smallest absolute Gasteiger partial charge is 0.328 e. The van der Waals surface area contributed by atoms with Crippen molar-refractivity contribution in [3.8, 4) is 0 Å². The first-order chi connectivity index (χ1) is 9.40. The Morgan fingerprint density at radius 3 is 2.40 bits per heavy atom. The van der Waals surface area contributed by atoms with E-state index >= 15 is 0 Å². The Morgan fingerprint density at radius 1 is 1.30 bits per heavy atom. The van der Waals surface area contributed by atoms with E-state index in [0.29, 0.717) is 11.8 Å². The lowest BCUT2D eigenvalue weighted by Crippen LogP contribution is -2.32. The molecule has 0 radical (unpaired) electrons. The summed E-state index contributed by atoms with van der Waals surface area (Å²) in [6.45, 7) is 10.5. The molecule has 0 amide bonds. The van der Waals surface area contributed by atoms with Crippen molar-refractivity contribution in [2.45, 2.75) is 27.7 Å². The highest BCUT2D eigenvalue weighted by molar-refractivity contribution is 5.86. The summed E-state index contributed by atoms with van der Waals surface area (Å²) in [5.41, 5.74) is 0.844. The summed E-state index contributed by atoms with van der Waals surface area (Å²) in [7, 11) is 0. The first-order valence-electron chi connectivity index (χ1n) is 7.01. The number of hydrogen-bond acceptors (Lipinski definition) is 3. The predicted octanol–water partition coefficient (Wildman–Crippen LogP) is 3.30. The quantitative estimate of drug-likeness (QED) is 0.776. The van der Waals surface area contributed by atoms with Crippen LogP contribution < -0.4 is 4.90 Å². The second kappa shape index (κ2) is 7.68. The number of hydrogen-bond donors (Lipinski definition) is 1. The molecule has 1 heterocycles. The first-order valence-corrected chi connectivity index (χ1v) is 7.01. The summed E-state index contributed by atoms with van der Waals surface area (Å²) < 4.78 is 0. The number of carbonyl (C=O) groups is 1. The average Bonchev–Trinajstić information content (AvgIpc) is 2.34. The fourth-order valence-electron chi connectivity index (χ4n) is 2.09. The zero-order valence-electron chi connectivity index (χ0n) is 12.7. The maximum atomic E-state index is 10.7. The van der Waals surface area contributed by atoms with Crippen LogP contribution in [0.1, 0.15) is 33.3 Å². The maximum Gasteiger partial charge on any atom is 0.328 e. The van der Waals surface area contributed by atoms with E-state index in [1.165, 1.54) is 0 Å². The van der Waals surface area contributed by atoms with Crippen LogP contribution in [-0.2, 0) is 4.79 Å². The van der Waals surface area contributed by atoms with Gasteiger partial charge >= 0.3 is 5.97 Å². The minimum absolute atomic E-state index is 0.520. The van der Waals surface area contributed by atoms with Crippen molar-refractivity contribution in [1.82, 2.24) is 4.98 Å². The molecule has 4 heteroatoms. The molecule has 0 atom stereocenters. The molecule has 1 aromatic heterocycles. The highest BCUT2D eigenvalue weighted by Crippen LogP contribution is 2.21. The summed E-state index contributed by atoms with van der Waals surface area (Å²) >= 11 is 0. The van der Waals surface area contributed by atoms with Crippen LogP contribution in [0, 0.1) is 11.8 Å². The average molecular weight is 276 g/mol. The number of rotatable bonds is 7. The molecule has 1 N–H and O–H groups in total. The number of nitrogens with zero attached hydrogens (tertiary/aromatic N) is 2. The van der Waals surface area contributed by atoms with Crippen LogP contribution in [0.15, 0.2) is 24.4 Å². The summed E-state index contributed by atoms with van der Waals surface area (Å²) in [5.74, 6) is 0.950. The summed E-state index contributed by atoms with van der Waals surface area (Å²) in [5, 5.41) is 8.77. The van der Waals surface area contributed by atoms with Crippen molar-refractivity contribution in [1.29, 1.82) is 0 Å². The highest BCUT2D eigenvalue weighted by Gasteiger charge is 2.14. The Kier molecular flexibility index (Phi) is 6.22. The van der Waals surface area contributed by atoms with Crippen LogP contribution in [0.2, 0.25) is 0 Å². The van der Waals surface area contributed by atoms with Gasteiger partial charge in [0.15, 0.2) is 0 Å². The lowest BCUT2D eigenvalue weighted by atomic mass is 10.1. The molecule has 0 fully saturated rings. The van der Waals surface area contributed by atoms with Gasteiger partial charge < -0.3 is 10.0 Å². The molecule has 20 heavy (non-hydrogen) atoms. The lowest BCUT2D eigenvalue weighted by molar-refractivity contribution is -0.131. The van der Waals surface area contributed by atoms with Crippen LogP contribution in [0.5, 0.6) is 0 Å². The third kappa shape index (κ3) is 5.43. The molecule has 1 aromatic rings. The van der Waals surface area contributed by atoms with Crippen LogP contribution in [-0.4, -0.2) is 29.1 Å². The predicted molar refractivity (Wildman–Crippen MR) is 82.8 cm³/mol. The van der Waals surface area contributed by atoms with Gasteiger partial charge in [-0.15, -0.1) is 0 Å². The SMILES string of the molecule is CC(C)CN(CC(C)C)c1ncccc1/C=C/C(=O)O. The highest BCUT2D eigenvalue weighted by atomic mass is 16.4. The lowest BCUT2D eigenvalue weighted by Gasteiger charge is -2.28. The number of aliphatic carboxylic acids is 1. The van der Waals surface area contributed by atoms with Gasteiger partial charge in [0.2, 0.25) is 0 Å². The molecular formula is C16H24N2O2. The molecule has 1 rings (SSSR count). The van der Waals surface area contributed by atoms with Gasteiger partial charge in [0, 0.05) is 30.9 Å². The second-order valence-electron chi connectivity index (χ2n) is 5.78. The standard InChI is InChI=1S/C16H24N2O2/c1-12(2)10-18(11-13(3)4)16-14(6-5-9-17-16)7-8-15(19)20/h5-9,12-13H,10-11H2,1-4H3,(H,19,20)/b8-7+. The molecule has 0 saturated heterocycles. The fourth-order valence-corrected chi connectivity index (χ4v) is 2.09. The van der Waals surface area contributed by atoms with Gasteiger partial charge in [-0.3, -0.25) is 0 Å². The number of pyridine rings is 1. The van der Waals surface area contributed by atoms with Crippen molar-refractivity contribution in [3.63, 3.8) is 0 Å². The Balaban J connectivity index is 3.08. The monoisotopic (exact) mass is 276 g/mol. The van der Waals surface area contributed by atoms with Crippen molar-refractivity contribution < 1.29 is 9.90 Å². The van der Waals surface area contributed by atoms with E-state index in [2.05, 4.69) is 37.6 Å². The number of aromatic nitrogens is 1. The van der Waals surface area contributed by atoms with Gasteiger partial charge in [-0.25, -0.2) is 9.78 Å². The summed E-state index contributed by atoms with van der Waals surface area (Å²) in [6, 6.07) is 3.73. The van der Waals surface area contributed by atoms with E-state index in [1.807, 2.05) is 12.1 Å². The zero-order valence-corrected chi connectivity index (χ0v) is 12.7. The van der Waals surface area contributed by atoms with Gasteiger partial charge in [-0.1, -0.05) is 27.7 Å². The molecule has 0 unspecified atom stereocenters. The van der Waals surface area contributed by atoms with E-state index in [4.69, 9.17) is 5.11 Å². The summed E-state index contributed by atoms with van der Waals surface area (Å²) in [6.07, 6.45) is 4.52. The summed E-state index contributed by atoms with van der Waals surface area (Å²) in [4.78, 5) is 17.4. The molecule has 0 aliphatic carbocycles. The molecule has 4 nitrogen and oxygen atoms in total. The van der Waals surface area contributed by atoms with Gasteiger partial charge in [0.25, 0.3) is 0 Å². The van der Waals surface area contributed by atoms with E-state index in [9.17, 15) is 4.79 Å². The Morgan fingerprint density at radius 2 is 1.90 bits per heavy atom. The van der Waals surface area contributed by atoms with Gasteiger partial charge in [-0.2, -0.15) is 0 Å². The van der Waals surface area contributed by atoms with Gasteiger partial charge in [0.05, 0.1) is 0 Å². The molecular weight excluding hydrogens is 252 g/mol. The van der Waals surface area contributed by atoms with Gasteiger partial charge in [-0.05, 0) is 30.0 Å². The van der Waals surface area contributed by atoms with Crippen LogP contribution >= 0.6 is 0 Å². The topological polar surface area (TPSA) is 53.4 Å². The molecule has 0 aliphatic rings. The Hall–Kier alpha value is -1.84. The number of carboxylic acids is 1. The van der Waals surface area contributed by atoms with Crippen LogP contribution in [0.3, 0.4) is 0 Å². The molecule has 0 saturated carbocycles. The molecule has 110 valence electrons. The van der Waals surface area contributed by atoms with E-state index in [1.54, 1.807) is 12.3 Å². The van der Waals surface area contributed by atoms with E-state index in [0.717, 1.165) is 30.5 Å². The number of carboxylic acid groups (broad SMARTS) is 1. The van der Waals surface area contributed by atoms with Crippen LogP contribution in [0.4, 0.5) is 5.82 Å². The Bertz CT molecular complexity index is 457. The molecule has 0 spiro atoms. The van der Waals surface area contributed by atoms with Crippen molar-refractivity contribution >= 4 is 17.9 Å². The Labute approximate surface area is 121 Å². The van der Waals surface area contributed by atoms with Crippen molar-refractivity contribution in [2.75, 3.05) is 18.0 Å². The minimum atomic E-state index is -0.945. The first kappa shape index (κ1) is 16.2. The van der Waals surface area contributed by atoms with E-state index in [-0.39, 0.29) is 0 Å². The van der Waals surface area contributed by atoms with E-state index < -0.39 is 5.97 Å². The third-order valence-electron chi connectivity index (χ3n) is 2.69. The van der Waals surface area contributed by atoms with Crippen molar-refractivity contribution in [3.05, 3.63) is 30.0 Å². The maximum absolute atomic E-state index is 10.7. The van der Waals surface area contributed by atoms with Gasteiger partial charge in [0.1, 0.15) is 5.82 Å². The normalized spacial score (nSPS) is 11.5. The van der Waals surface area contributed by atoms with Crippen LogP contribution in [0.25, 0.3) is 6.08 Å². The molecule has 0 bridgehead atoms. The number of anilines is 1.